The van der Waals surface area contributed by atoms with E-state index in [4.69, 9.17) is 9.47 Å². The van der Waals surface area contributed by atoms with Crippen LogP contribution in [0.4, 0.5) is 0 Å². The van der Waals surface area contributed by atoms with Crippen molar-refractivity contribution in [1.29, 1.82) is 0 Å². The van der Waals surface area contributed by atoms with Crippen LogP contribution in [0.1, 0.15) is 302 Å². The maximum Gasteiger partial charge on any atom is 0.224 e. The van der Waals surface area contributed by atoms with Crippen molar-refractivity contribution < 1.29 is 20.5 Å². The standard InChI is InChI=1S/C59H115N3O4.2CH4.H2/c1-7-12-16-18-26-33-42-58(43-34-27-19-17-13-8-2)66-57(11-5)41-32-28-25-30-36-48-61(49-38-46-60-59(64)56-44-50-62(53-56)54(6)63)47-35-29-23-21-20-22-24-31-37-51-65-52-45-55(39-14-9-3)40-15-10-4;;;/h11,55-56,58H,7-10,12-53H2,1-6H3,(H,60,64);2*1H4;1H/b57-11-;;;. The van der Waals surface area contributed by atoms with E-state index in [1.165, 1.54) is 237 Å². The number of amides is 2. The average Bonchev–Trinajstić information content (AvgIpc) is 3.83. The van der Waals surface area contributed by atoms with Crippen LogP contribution in [-0.4, -0.2) is 80.2 Å². The summed E-state index contributed by atoms with van der Waals surface area (Å²) >= 11 is 0. The Morgan fingerprint density at radius 2 is 1.06 bits per heavy atom. The van der Waals surface area contributed by atoms with Gasteiger partial charge in [-0.15, -0.1) is 0 Å². The van der Waals surface area contributed by atoms with Gasteiger partial charge < -0.3 is 24.6 Å². The molecule has 0 aromatic carbocycles. The lowest BCUT2D eigenvalue weighted by Crippen LogP contribution is -2.36. The Kier molecular flexibility index (Phi) is 52.1. The molecule has 1 aliphatic heterocycles. The molecular formula is C61H125N3O4. The van der Waals surface area contributed by atoms with Gasteiger partial charge in [0.05, 0.1) is 17.8 Å². The van der Waals surface area contributed by atoms with Crippen molar-refractivity contribution in [3.05, 3.63) is 11.8 Å². The van der Waals surface area contributed by atoms with Gasteiger partial charge in [0.15, 0.2) is 0 Å². The maximum absolute atomic E-state index is 12.8. The van der Waals surface area contributed by atoms with Crippen LogP contribution in [0.25, 0.3) is 0 Å². The zero-order chi connectivity index (χ0) is 48.0. The Morgan fingerprint density at radius 3 is 1.56 bits per heavy atom. The number of ether oxygens (including phenoxy) is 2. The largest absolute Gasteiger partial charge is 0.495 e. The van der Waals surface area contributed by atoms with Crippen LogP contribution in [-0.2, 0) is 19.1 Å². The third-order valence-corrected chi connectivity index (χ3v) is 14.6. The molecule has 0 radical (unpaired) electrons. The van der Waals surface area contributed by atoms with E-state index in [9.17, 15) is 9.59 Å². The average molecular weight is 965 g/mol. The van der Waals surface area contributed by atoms with E-state index in [1.807, 2.05) is 0 Å². The zero-order valence-electron chi connectivity index (χ0n) is 45.4. The molecule has 1 saturated heterocycles. The summed E-state index contributed by atoms with van der Waals surface area (Å²) in [5, 5.41) is 3.20. The summed E-state index contributed by atoms with van der Waals surface area (Å²) in [7, 11) is 0. The Bertz CT molecular complexity index is 1080. The first-order chi connectivity index (χ1) is 32.4. The van der Waals surface area contributed by atoms with Gasteiger partial charge in [0.25, 0.3) is 0 Å². The molecule has 1 N–H and O–H groups in total. The van der Waals surface area contributed by atoms with Crippen molar-refractivity contribution in [1.82, 2.24) is 15.1 Å². The molecular weight excluding hydrogens is 839 g/mol. The van der Waals surface area contributed by atoms with Gasteiger partial charge in [0.2, 0.25) is 11.8 Å². The van der Waals surface area contributed by atoms with Crippen molar-refractivity contribution in [2.45, 2.75) is 306 Å². The number of unbranched alkanes of at least 4 members (excludes halogenated alkanes) is 24. The Labute approximate surface area is 428 Å². The lowest BCUT2D eigenvalue weighted by molar-refractivity contribution is -0.128. The predicted molar refractivity (Wildman–Crippen MR) is 302 cm³/mol. The SMILES string of the molecule is C.C.C/C=C(/CCCCCCCN(CCCCCCCCCCCOCCC(CCCC)CCCC)CCCNC(=O)C1CCN(C(C)=O)C1)OC(CCCCCCCC)CCCCCCCC.[HH]. The van der Waals surface area contributed by atoms with Crippen molar-refractivity contribution >= 4 is 11.8 Å². The fraction of sp³-hybridized carbons (Fsp3) is 0.934. The second-order valence-electron chi connectivity index (χ2n) is 20.8. The molecule has 0 saturated carbocycles. The third-order valence-electron chi connectivity index (χ3n) is 14.6. The molecule has 1 heterocycles. The molecule has 408 valence electrons. The lowest BCUT2D eigenvalue weighted by atomic mass is 9.93. The molecule has 1 aliphatic rings. The van der Waals surface area contributed by atoms with E-state index in [-0.39, 0.29) is 34.0 Å². The summed E-state index contributed by atoms with van der Waals surface area (Å²) in [4.78, 5) is 29.1. The van der Waals surface area contributed by atoms with Gasteiger partial charge in [0.1, 0.15) is 0 Å². The molecule has 1 fully saturated rings. The van der Waals surface area contributed by atoms with Crippen molar-refractivity contribution in [2.75, 3.05) is 52.5 Å². The molecule has 1 atom stereocenters. The Morgan fingerprint density at radius 1 is 0.588 bits per heavy atom. The van der Waals surface area contributed by atoms with Crippen molar-refractivity contribution in [3.63, 3.8) is 0 Å². The minimum Gasteiger partial charge on any atom is -0.495 e. The van der Waals surface area contributed by atoms with Crippen LogP contribution >= 0.6 is 0 Å². The fourth-order valence-electron chi connectivity index (χ4n) is 10.0. The van der Waals surface area contributed by atoms with E-state index in [0.29, 0.717) is 19.2 Å². The van der Waals surface area contributed by atoms with Crippen molar-refractivity contribution in [3.8, 4) is 0 Å². The van der Waals surface area contributed by atoms with Gasteiger partial charge in [0, 0.05) is 47.6 Å². The molecule has 68 heavy (non-hydrogen) atoms. The number of hydrogen-bond acceptors (Lipinski definition) is 5. The fourth-order valence-corrected chi connectivity index (χ4v) is 10.0. The first-order valence-corrected chi connectivity index (χ1v) is 29.5. The van der Waals surface area contributed by atoms with Gasteiger partial charge >= 0.3 is 0 Å². The molecule has 0 aromatic heterocycles. The summed E-state index contributed by atoms with van der Waals surface area (Å²) in [6.45, 7) is 20.3. The number of rotatable bonds is 50. The first-order valence-electron chi connectivity index (χ1n) is 29.5. The van der Waals surface area contributed by atoms with E-state index in [0.717, 1.165) is 58.0 Å². The highest BCUT2D eigenvalue weighted by atomic mass is 16.5. The van der Waals surface area contributed by atoms with Gasteiger partial charge in [-0.25, -0.2) is 0 Å². The predicted octanol–water partition coefficient (Wildman–Crippen LogP) is 18.2. The van der Waals surface area contributed by atoms with E-state index in [1.54, 1.807) is 11.8 Å². The van der Waals surface area contributed by atoms with Crippen LogP contribution in [0.2, 0.25) is 0 Å². The smallest absolute Gasteiger partial charge is 0.224 e. The number of allylic oxidation sites excluding steroid dienone is 2. The van der Waals surface area contributed by atoms with Crippen LogP contribution < -0.4 is 5.32 Å². The first kappa shape index (κ1) is 68.5. The number of carbonyl (C=O) groups excluding carboxylic acids is 2. The van der Waals surface area contributed by atoms with Gasteiger partial charge in [-0.2, -0.15) is 0 Å². The molecule has 1 rings (SSSR count). The zero-order valence-corrected chi connectivity index (χ0v) is 45.4. The normalized spacial score (nSPS) is 14.0. The number of hydrogen-bond donors (Lipinski definition) is 1. The Balaban J connectivity index is -0.0000145. The number of likely N-dealkylation sites (tertiary alicyclic amines) is 1. The van der Waals surface area contributed by atoms with Gasteiger partial charge in [-0.1, -0.05) is 209 Å². The second-order valence-corrected chi connectivity index (χ2v) is 20.8. The highest BCUT2D eigenvalue weighted by Gasteiger charge is 2.29. The summed E-state index contributed by atoms with van der Waals surface area (Å²) in [6.07, 6.45) is 51.9. The highest BCUT2D eigenvalue weighted by molar-refractivity contribution is 5.81. The summed E-state index contributed by atoms with van der Waals surface area (Å²) in [5.74, 6) is 2.26. The molecule has 0 spiro atoms. The highest BCUT2D eigenvalue weighted by Crippen LogP contribution is 2.23. The summed E-state index contributed by atoms with van der Waals surface area (Å²) < 4.78 is 12.8. The monoisotopic (exact) mass is 964 g/mol. The van der Waals surface area contributed by atoms with Crippen LogP contribution in [0.15, 0.2) is 11.8 Å². The molecule has 7 heteroatoms. The molecule has 1 unspecified atom stereocenters. The third kappa shape index (κ3) is 41.1. The Hall–Kier alpha value is -1.60. The minimum absolute atomic E-state index is 0. The van der Waals surface area contributed by atoms with E-state index < -0.39 is 0 Å². The summed E-state index contributed by atoms with van der Waals surface area (Å²) in [6, 6.07) is 0. The molecule has 0 aromatic rings. The molecule has 0 bridgehead atoms. The number of carbonyl (C=O) groups is 2. The quantitative estimate of drug-likeness (QED) is 0.0486. The van der Waals surface area contributed by atoms with Crippen LogP contribution in [0.3, 0.4) is 0 Å². The maximum atomic E-state index is 12.8. The molecule has 0 aliphatic carbocycles. The molecule has 7 nitrogen and oxygen atoms in total. The lowest BCUT2D eigenvalue weighted by Gasteiger charge is -2.23. The van der Waals surface area contributed by atoms with Crippen LogP contribution in [0.5, 0.6) is 0 Å². The topological polar surface area (TPSA) is 71.1 Å². The van der Waals surface area contributed by atoms with E-state index >= 15 is 0 Å². The number of nitrogens with one attached hydrogen (secondary N) is 1. The number of nitrogens with zero attached hydrogens (tertiary/aromatic N) is 2. The van der Waals surface area contributed by atoms with Crippen molar-refractivity contribution in [2.24, 2.45) is 11.8 Å². The van der Waals surface area contributed by atoms with Gasteiger partial charge in [-0.3, -0.25) is 9.59 Å². The van der Waals surface area contributed by atoms with E-state index in [2.05, 4.69) is 50.9 Å². The summed E-state index contributed by atoms with van der Waals surface area (Å²) in [5.41, 5.74) is 0. The van der Waals surface area contributed by atoms with Gasteiger partial charge in [-0.05, 0) is 109 Å². The van der Waals surface area contributed by atoms with Crippen LogP contribution in [0, 0.1) is 11.8 Å². The molecule has 2 amide bonds. The second kappa shape index (κ2) is 51.7. The minimum atomic E-state index is -0.0515.